The van der Waals surface area contributed by atoms with E-state index in [9.17, 15) is 22.8 Å². The van der Waals surface area contributed by atoms with E-state index >= 15 is 0 Å². The molecule has 1 N–H and O–H groups in total. The Hall–Kier alpha value is -2.25. The number of hydrogen-bond donors (Lipinski definition) is 1. The maximum Gasteiger partial charge on any atom is 0.422 e. The number of ether oxygens (including phenoxy) is 1. The van der Waals surface area contributed by atoms with Crippen LogP contribution in [0.2, 0.25) is 0 Å². The number of rotatable bonds is 4. The van der Waals surface area contributed by atoms with Gasteiger partial charge in [0, 0.05) is 19.0 Å². The van der Waals surface area contributed by atoms with Crippen LogP contribution in [0, 0.1) is 5.92 Å². The highest BCUT2D eigenvalue weighted by Gasteiger charge is 2.33. The van der Waals surface area contributed by atoms with Gasteiger partial charge in [-0.3, -0.25) is 4.79 Å². The summed E-state index contributed by atoms with van der Waals surface area (Å²) < 4.78 is 40.4. The molecule has 2 amide bonds. The number of benzene rings is 1. The third-order valence-corrected chi connectivity index (χ3v) is 4.14. The highest BCUT2D eigenvalue weighted by molar-refractivity contribution is 5.79. The van der Waals surface area contributed by atoms with E-state index in [0.717, 1.165) is 5.56 Å². The van der Waals surface area contributed by atoms with Crippen LogP contribution < -0.4 is 5.32 Å². The van der Waals surface area contributed by atoms with Gasteiger partial charge in [0.05, 0.1) is 6.04 Å². The molecule has 0 aliphatic carbocycles. The van der Waals surface area contributed by atoms with Crippen molar-refractivity contribution in [3.8, 4) is 0 Å². The molecule has 0 spiro atoms. The minimum absolute atomic E-state index is 0.111. The Morgan fingerprint density at radius 3 is 2.40 bits per heavy atom. The zero-order chi connectivity index (χ0) is 18.4. The van der Waals surface area contributed by atoms with Crippen LogP contribution >= 0.6 is 0 Å². The molecule has 0 bridgehead atoms. The van der Waals surface area contributed by atoms with Crippen LogP contribution in [0.4, 0.5) is 18.0 Å². The average Bonchev–Trinajstić information content (AvgIpc) is 2.60. The number of carbonyl (C=O) groups is 2. The summed E-state index contributed by atoms with van der Waals surface area (Å²) in [7, 11) is 0. The number of halogens is 3. The molecule has 0 saturated carbocycles. The first-order valence-corrected chi connectivity index (χ1v) is 8.10. The highest BCUT2D eigenvalue weighted by atomic mass is 19.4. The van der Waals surface area contributed by atoms with Crippen molar-refractivity contribution in [2.24, 2.45) is 5.92 Å². The molecular formula is C17H21F3N2O3. The fraction of sp³-hybridized carbons (Fsp3) is 0.529. The summed E-state index contributed by atoms with van der Waals surface area (Å²) in [6.45, 7) is 0.695. The predicted molar refractivity (Wildman–Crippen MR) is 84.7 cm³/mol. The smallest absolute Gasteiger partial charge is 0.422 e. The van der Waals surface area contributed by atoms with E-state index in [1.165, 1.54) is 4.90 Å². The lowest BCUT2D eigenvalue weighted by molar-refractivity contribution is -0.162. The second-order valence-electron chi connectivity index (χ2n) is 6.07. The van der Waals surface area contributed by atoms with Gasteiger partial charge in [-0.05, 0) is 25.3 Å². The number of likely N-dealkylation sites (tertiary alicyclic amines) is 1. The Morgan fingerprint density at radius 2 is 1.84 bits per heavy atom. The molecule has 1 fully saturated rings. The van der Waals surface area contributed by atoms with Gasteiger partial charge in [0.1, 0.15) is 0 Å². The lowest BCUT2D eigenvalue weighted by Gasteiger charge is -2.31. The Labute approximate surface area is 144 Å². The van der Waals surface area contributed by atoms with Gasteiger partial charge in [-0.25, -0.2) is 4.79 Å². The van der Waals surface area contributed by atoms with Crippen molar-refractivity contribution in [3.63, 3.8) is 0 Å². The molecule has 1 aliphatic rings. The van der Waals surface area contributed by atoms with Crippen LogP contribution in [0.3, 0.4) is 0 Å². The van der Waals surface area contributed by atoms with Gasteiger partial charge in [-0.2, -0.15) is 13.2 Å². The summed E-state index contributed by atoms with van der Waals surface area (Å²) in [5, 5.41) is 2.93. The van der Waals surface area contributed by atoms with Gasteiger partial charge >= 0.3 is 12.3 Å². The van der Waals surface area contributed by atoms with E-state index in [-0.39, 0.29) is 31.0 Å². The van der Waals surface area contributed by atoms with E-state index in [0.29, 0.717) is 12.8 Å². The van der Waals surface area contributed by atoms with Crippen LogP contribution in [0.15, 0.2) is 30.3 Å². The summed E-state index contributed by atoms with van der Waals surface area (Å²) >= 11 is 0. The Bertz CT molecular complexity index is 585. The fourth-order valence-electron chi connectivity index (χ4n) is 2.72. The number of nitrogens with one attached hydrogen (secondary N) is 1. The fourth-order valence-corrected chi connectivity index (χ4v) is 2.72. The normalized spacial score (nSPS) is 17.0. The van der Waals surface area contributed by atoms with E-state index in [1.54, 1.807) is 0 Å². The molecule has 1 atom stereocenters. The molecule has 8 heteroatoms. The van der Waals surface area contributed by atoms with Crippen molar-refractivity contribution in [1.82, 2.24) is 10.2 Å². The van der Waals surface area contributed by atoms with E-state index < -0.39 is 18.9 Å². The largest absolute Gasteiger partial charge is 0.440 e. The molecule has 2 rings (SSSR count). The number of amides is 2. The number of piperidine rings is 1. The van der Waals surface area contributed by atoms with Crippen molar-refractivity contribution < 1.29 is 27.5 Å². The number of carbonyl (C=O) groups excluding carboxylic acids is 2. The topological polar surface area (TPSA) is 58.6 Å². The van der Waals surface area contributed by atoms with Crippen molar-refractivity contribution in [1.29, 1.82) is 0 Å². The second kappa shape index (κ2) is 8.22. The lowest BCUT2D eigenvalue weighted by atomic mass is 9.95. The third-order valence-electron chi connectivity index (χ3n) is 4.14. The summed E-state index contributed by atoms with van der Waals surface area (Å²) in [6, 6.07) is 9.38. The Kier molecular flexibility index (Phi) is 6.27. The molecule has 1 unspecified atom stereocenters. The SMILES string of the molecule is CC(NC(=O)C1CCN(C(=O)OCC(F)(F)F)CC1)c1ccccc1. The van der Waals surface area contributed by atoms with E-state index in [2.05, 4.69) is 10.1 Å². The molecule has 1 saturated heterocycles. The molecular weight excluding hydrogens is 337 g/mol. The standard InChI is InChI=1S/C17H21F3N2O3/c1-12(13-5-3-2-4-6-13)21-15(23)14-7-9-22(10-8-14)16(24)25-11-17(18,19)20/h2-6,12,14H,7-11H2,1H3,(H,21,23). The first-order chi connectivity index (χ1) is 11.8. The van der Waals surface area contributed by atoms with Gasteiger partial charge in [0.25, 0.3) is 0 Å². The average molecular weight is 358 g/mol. The number of nitrogens with zero attached hydrogens (tertiary/aromatic N) is 1. The summed E-state index contributed by atoms with van der Waals surface area (Å²) in [4.78, 5) is 25.1. The number of hydrogen-bond acceptors (Lipinski definition) is 3. The first-order valence-electron chi connectivity index (χ1n) is 8.10. The van der Waals surface area contributed by atoms with Crippen molar-refractivity contribution in [2.75, 3.05) is 19.7 Å². The van der Waals surface area contributed by atoms with Crippen molar-refractivity contribution in [3.05, 3.63) is 35.9 Å². The molecule has 1 aromatic carbocycles. The van der Waals surface area contributed by atoms with Crippen LogP contribution in [-0.2, 0) is 9.53 Å². The van der Waals surface area contributed by atoms with Gasteiger partial charge in [-0.15, -0.1) is 0 Å². The zero-order valence-electron chi connectivity index (χ0n) is 13.9. The quantitative estimate of drug-likeness (QED) is 0.899. The second-order valence-corrected chi connectivity index (χ2v) is 6.07. The maximum atomic E-state index is 12.3. The molecule has 0 radical (unpaired) electrons. The third kappa shape index (κ3) is 5.95. The molecule has 1 heterocycles. The van der Waals surface area contributed by atoms with E-state index in [4.69, 9.17) is 0 Å². The van der Waals surface area contributed by atoms with Crippen molar-refractivity contribution >= 4 is 12.0 Å². The van der Waals surface area contributed by atoms with Gasteiger partial charge < -0.3 is 15.0 Å². The highest BCUT2D eigenvalue weighted by Crippen LogP contribution is 2.21. The molecule has 0 aromatic heterocycles. The first kappa shape index (κ1) is 19.1. The van der Waals surface area contributed by atoms with Crippen molar-refractivity contribution in [2.45, 2.75) is 32.0 Å². The summed E-state index contributed by atoms with van der Waals surface area (Å²) in [6.07, 6.45) is -4.74. The Morgan fingerprint density at radius 1 is 1.24 bits per heavy atom. The van der Waals surface area contributed by atoms with Gasteiger partial charge in [0.2, 0.25) is 5.91 Å². The van der Waals surface area contributed by atoms with Gasteiger partial charge in [0.15, 0.2) is 6.61 Å². The Balaban J connectivity index is 1.77. The molecule has 1 aromatic rings. The predicted octanol–water partition coefficient (Wildman–Crippen LogP) is 3.27. The van der Waals surface area contributed by atoms with Crippen LogP contribution in [0.25, 0.3) is 0 Å². The zero-order valence-corrected chi connectivity index (χ0v) is 13.9. The van der Waals surface area contributed by atoms with Crippen LogP contribution in [0.1, 0.15) is 31.4 Å². The molecule has 1 aliphatic heterocycles. The minimum Gasteiger partial charge on any atom is -0.440 e. The summed E-state index contributed by atoms with van der Waals surface area (Å²) in [5.41, 5.74) is 0.990. The minimum atomic E-state index is -4.54. The molecule has 5 nitrogen and oxygen atoms in total. The van der Waals surface area contributed by atoms with Gasteiger partial charge in [-0.1, -0.05) is 30.3 Å². The lowest BCUT2D eigenvalue weighted by Crippen LogP contribution is -2.44. The van der Waals surface area contributed by atoms with E-state index in [1.807, 2.05) is 37.3 Å². The maximum absolute atomic E-state index is 12.3. The number of alkyl halides is 3. The monoisotopic (exact) mass is 358 g/mol. The molecule has 25 heavy (non-hydrogen) atoms. The summed E-state index contributed by atoms with van der Waals surface area (Å²) in [5.74, 6) is -0.377. The molecule has 138 valence electrons. The van der Waals surface area contributed by atoms with Crippen LogP contribution in [0.5, 0.6) is 0 Å². The van der Waals surface area contributed by atoms with Crippen LogP contribution in [-0.4, -0.2) is 42.8 Å².